The van der Waals surface area contributed by atoms with E-state index in [0.717, 1.165) is 12.0 Å². The number of urea groups is 1. The number of carbonyl (C=O) groups excluding carboxylic acids is 3. The molecule has 0 saturated heterocycles. The highest BCUT2D eigenvalue weighted by atomic mass is 16.5. The van der Waals surface area contributed by atoms with Crippen molar-refractivity contribution >= 4 is 23.6 Å². The molecule has 0 unspecified atom stereocenters. The molecule has 1 aliphatic rings. The van der Waals surface area contributed by atoms with Crippen LogP contribution in [0, 0.1) is 0 Å². The van der Waals surface area contributed by atoms with Crippen molar-refractivity contribution in [1.29, 1.82) is 0 Å². The molecule has 1 heterocycles. The monoisotopic (exact) mass is 399 g/mol. The highest BCUT2D eigenvalue weighted by Crippen LogP contribution is 2.32. The largest absolute Gasteiger partial charge is 0.490 e. The molecule has 4 N–H and O–H groups in total. The van der Waals surface area contributed by atoms with Gasteiger partial charge in [0, 0.05) is 24.7 Å². The van der Waals surface area contributed by atoms with E-state index in [2.05, 4.69) is 10.6 Å². The van der Waals surface area contributed by atoms with Gasteiger partial charge in [0.05, 0.1) is 18.8 Å². The number of primary amides is 1. The number of esters is 1. The number of rotatable bonds is 6. The van der Waals surface area contributed by atoms with Gasteiger partial charge in [-0.15, -0.1) is 0 Å². The van der Waals surface area contributed by atoms with Gasteiger partial charge in [0.1, 0.15) is 0 Å². The zero-order chi connectivity index (χ0) is 20.6. The van der Waals surface area contributed by atoms with E-state index in [1.54, 1.807) is 42.5 Å². The van der Waals surface area contributed by atoms with Crippen LogP contribution in [-0.4, -0.2) is 37.7 Å². The van der Waals surface area contributed by atoms with Crippen molar-refractivity contribution in [3.8, 4) is 11.5 Å². The van der Waals surface area contributed by atoms with Crippen LogP contribution in [0.3, 0.4) is 0 Å². The topological polar surface area (TPSA) is 129 Å². The number of hydrogen-bond donors (Lipinski definition) is 3. The van der Waals surface area contributed by atoms with E-state index in [-0.39, 0.29) is 12.1 Å². The van der Waals surface area contributed by atoms with Crippen molar-refractivity contribution in [3.63, 3.8) is 0 Å². The number of ether oxygens (including phenoxy) is 3. The van der Waals surface area contributed by atoms with Gasteiger partial charge < -0.3 is 30.6 Å². The van der Waals surface area contributed by atoms with Crippen molar-refractivity contribution in [1.82, 2.24) is 5.32 Å². The van der Waals surface area contributed by atoms with Gasteiger partial charge in [-0.25, -0.2) is 9.59 Å². The standard InChI is InChI=1S/C20H21N3O6/c21-20(26)22-11-13-2-4-14(5-3-13)19(25)29-12-18(24)23-15-6-7-16-17(10-15)28-9-1-8-27-16/h2-7,10H,1,8-9,11-12H2,(H,23,24)(H3,21,22,26). The van der Waals surface area contributed by atoms with Crippen LogP contribution in [0.25, 0.3) is 0 Å². The third kappa shape index (κ3) is 5.86. The first-order valence-electron chi connectivity index (χ1n) is 9.00. The van der Waals surface area contributed by atoms with Crippen molar-refractivity contribution < 1.29 is 28.6 Å². The zero-order valence-corrected chi connectivity index (χ0v) is 15.6. The number of anilines is 1. The molecule has 3 amide bonds. The number of amides is 3. The first-order chi connectivity index (χ1) is 14.0. The van der Waals surface area contributed by atoms with Crippen LogP contribution < -0.4 is 25.8 Å². The molecule has 2 aromatic rings. The van der Waals surface area contributed by atoms with Gasteiger partial charge in [0.25, 0.3) is 5.91 Å². The van der Waals surface area contributed by atoms with Crippen molar-refractivity contribution in [2.45, 2.75) is 13.0 Å². The quantitative estimate of drug-likeness (QED) is 0.636. The molecule has 0 aromatic heterocycles. The molecular formula is C20H21N3O6. The van der Waals surface area contributed by atoms with E-state index in [0.29, 0.717) is 30.4 Å². The number of nitrogens with one attached hydrogen (secondary N) is 2. The Morgan fingerprint density at radius 1 is 1.00 bits per heavy atom. The predicted octanol–water partition coefficient (Wildman–Crippen LogP) is 1.81. The van der Waals surface area contributed by atoms with E-state index in [1.165, 1.54) is 0 Å². The van der Waals surface area contributed by atoms with Crippen molar-refractivity contribution in [2.24, 2.45) is 5.73 Å². The van der Waals surface area contributed by atoms with Crippen LogP contribution in [0.5, 0.6) is 11.5 Å². The second-order valence-electron chi connectivity index (χ2n) is 6.25. The minimum absolute atomic E-state index is 0.253. The second kappa shape index (κ2) is 9.45. The summed E-state index contributed by atoms with van der Waals surface area (Å²) in [6.07, 6.45) is 0.787. The Balaban J connectivity index is 1.49. The third-order valence-corrected chi connectivity index (χ3v) is 4.02. The maximum atomic E-state index is 12.1. The molecule has 9 heteroatoms. The van der Waals surface area contributed by atoms with Crippen LogP contribution >= 0.6 is 0 Å². The Hall–Kier alpha value is -3.75. The Labute approximate surface area is 167 Å². The Bertz CT molecular complexity index is 898. The summed E-state index contributed by atoms with van der Waals surface area (Å²) in [4.78, 5) is 34.9. The summed E-state index contributed by atoms with van der Waals surface area (Å²) in [7, 11) is 0. The Kier molecular flexibility index (Phi) is 6.51. The number of nitrogens with two attached hydrogens (primary N) is 1. The van der Waals surface area contributed by atoms with Gasteiger partial charge in [-0.2, -0.15) is 0 Å². The summed E-state index contributed by atoms with van der Waals surface area (Å²) < 4.78 is 16.1. The highest BCUT2D eigenvalue weighted by molar-refractivity contribution is 5.95. The maximum Gasteiger partial charge on any atom is 0.338 e. The van der Waals surface area contributed by atoms with Crippen molar-refractivity contribution in [2.75, 3.05) is 25.1 Å². The molecule has 0 saturated carbocycles. The molecule has 0 aliphatic carbocycles. The summed E-state index contributed by atoms with van der Waals surface area (Å²) >= 11 is 0. The fourth-order valence-corrected chi connectivity index (χ4v) is 2.60. The van der Waals surface area contributed by atoms with Gasteiger partial charge in [0.2, 0.25) is 0 Å². The van der Waals surface area contributed by atoms with Gasteiger partial charge in [-0.3, -0.25) is 4.79 Å². The average Bonchev–Trinajstić information content (AvgIpc) is 2.96. The van der Waals surface area contributed by atoms with Gasteiger partial charge in [-0.1, -0.05) is 12.1 Å². The normalized spacial score (nSPS) is 12.4. The van der Waals surface area contributed by atoms with Gasteiger partial charge >= 0.3 is 12.0 Å². The van der Waals surface area contributed by atoms with E-state index in [9.17, 15) is 14.4 Å². The lowest BCUT2D eigenvalue weighted by atomic mass is 10.1. The molecule has 0 fully saturated rings. The molecule has 2 aromatic carbocycles. The molecule has 0 spiro atoms. The summed E-state index contributed by atoms with van der Waals surface area (Å²) in [6, 6.07) is 10.8. The molecule has 29 heavy (non-hydrogen) atoms. The fraction of sp³-hybridized carbons (Fsp3) is 0.250. The SMILES string of the molecule is NC(=O)NCc1ccc(C(=O)OCC(=O)Nc2ccc3c(c2)OCCCO3)cc1. The molecule has 0 bridgehead atoms. The lowest BCUT2D eigenvalue weighted by Crippen LogP contribution is -2.28. The van der Waals surface area contributed by atoms with Gasteiger partial charge in [0.15, 0.2) is 18.1 Å². The molecule has 152 valence electrons. The Morgan fingerprint density at radius 3 is 2.45 bits per heavy atom. The van der Waals surface area contributed by atoms with E-state index in [4.69, 9.17) is 19.9 Å². The van der Waals surface area contributed by atoms with E-state index in [1.807, 2.05) is 0 Å². The smallest absolute Gasteiger partial charge is 0.338 e. The number of benzene rings is 2. The van der Waals surface area contributed by atoms with Gasteiger partial charge in [-0.05, 0) is 29.8 Å². The zero-order valence-electron chi connectivity index (χ0n) is 15.6. The summed E-state index contributed by atoms with van der Waals surface area (Å²) in [5.74, 6) is 0.0768. The van der Waals surface area contributed by atoms with Crippen LogP contribution in [0.1, 0.15) is 22.3 Å². The maximum absolute atomic E-state index is 12.1. The van der Waals surface area contributed by atoms with Crippen molar-refractivity contribution in [3.05, 3.63) is 53.6 Å². The van der Waals surface area contributed by atoms with E-state index < -0.39 is 24.5 Å². The molecule has 9 nitrogen and oxygen atoms in total. The average molecular weight is 399 g/mol. The summed E-state index contributed by atoms with van der Waals surface area (Å²) in [6.45, 7) is 0.942. The minimum Gasteiger partial charge on any atom is -0.490 e. The lowest BCUT2D eigenvalue weighted by Gasteiger charge is -2.11. The first kappa shape index (κ1) is 20.0. The molecule has 0 atom stereocenters. The third-order valence-electron chi connectivity index (χ3n) is 4.02. The van der Waals surface area contributed by atoms with Crippen LogP contribution in [0.2, 0.25) is 0 Å². The first-order valence-corrected chi connectivity index (χ1v) is 9.00. The van der Waals surface area contributed by atoms with E-state index >= 15 is 0 Å². The van der Waals surface area contributed by atoms with Crippen LogP contribution in [0.15, 0.2) is 42.5 Å². The molecular weight excluding hydrogens is 378 g/mol. The van der Waals surface area contributed by atoms with Crippen LogP contribution in [0.4, 0.5) is 10.5 Å². The lowest BCUT2D eigenvalue weighted by molar-refractivity contribution is -0.119. The molecule has 1 aliphatic heterocycles. The predicted molar refractivity (Wildman–Crippen MR) is 104 cm³/mol. The molecule has 3 rings (SSSR count). The number of carbonyl (C=O) groups is 3. The summed E-state index contributed by atoms with van der Waals surface area (Å²) in [5.41, 5.74) is 6.58. The highest BCUT2D eigenvalue weighted by Gasteiger charge is 2.14. The second-order valence-corrected chi connectivity index (χ2v) is 6.25. The summed E-state index contributed by atoms with van der Waals surface area (Å²) in [5, 5.41) is 5.10. The number of fused-ring (bicyclic) bond motifs is 1. The Morgan fingerprint density at radius 2 is 1.72 bits per heavy atom. The minimum atomic E-state index is -0.631. The fourth-order valence-electron chi connectivity index (χ4n) is 2.60. The number of hydrogen-bond acceptors (Lipinski definition) is 6. The molecule has 0 radical (unpaired) electrons. The van der Waals surface area contributed by atoms with Crippen LogP contribution in [-0.2, 0) is 16.1 Å².